The van der Waals surface area contributed by atoms with Crippen LogP contribution < -0.4 is 16.0 Å². The van der Waals surface area contributed by atoms with Crippen LogP contribution in [-0.4, -0.2) is 37.7 Å². The molecule has 0 radical (unpaired) electrons. The second-order valence-electron chi connectivity index (χ2n) is 6.37. The van der Waals surface area contributed by atoms with Gasteiger partial charge in [0.2, 0.25) is 0 Å². The summed E-state index contributed by atoms with van der Waals surface area (Å²) in [4.78, 5) is 36.8. The number of anilines is 2. The average Bonchev–Trinajstić information content (AvgIpc) is 3.18. The van der Waals surface area contributed by atoms with E-state index in [-0.39, 0.29) is 17.5 Å². The predicted molar refractivity (Wildman–Crippen MR) is 105 cm³/mol. The number of halogens is 1. The second-order valence-corrected chi connectivity index (χ2v) is 7.37. The van der Waals surface area contributed by atoms with Crippen molar-refractivity contribution in [3.05, 3.63) is 45.9 Å². The average molecular weight is 421 g/mol. The smallest absolute Gasteiger partial charge is 0.411 e. The Morgan fingerprint density at radius 2 is 2.03 bits per heavy atom. The highest BCUT2D eigenvalue weighted by Gasteiger charge is 2.29. The first-order chi connectivity index (χ1) is 13.9. The number of carbonyl (C=O) groups excluding carboxylic acids is 3. The van der Waals surface area contributed by atoms with Crippen LogP contribution in [0.4, 0.5) is 20.6 Å². The van der Waals surface area contributed by atoms with Gasteiger partial charge in [-0.25, -0.2) is 9.18 Å². The lowest BCUT2D eigenvalue weighted by Gasteiger charge is -2.29. The lowest BCUT2D eigenvalue weighted by atomic mass is 10.0. The summed E-state index contributed by atoms with van der Waals surface area (Å²) < 4.78 is 24.2. The fraction of sp³-hybridized carbons (Fsp3) is 0.316. The van der Waals surface area contributed by atoms with E-state index in [1.165, 1.54) is 17.0 Å². The Labute approximate surface area is 170 Å². The lowest BCUT2D eigenvalue weighted by Crippen LogP contribution is -2.44. The van der Waals surface area contributed by atoms with Crippen LogP contribution in [0.15, 0.2) is 29.6 Å². The first-order valence-corrected chi connectivity index (χ1v) is 9.71. The number of ether oxygens (including phenoxy) is 2. The summed E-state index contributed by atoms with van der Waals surface area (Å²) in [6, 6.07) is 5.12. The van der Waals surface area contributed by atoms with Crippen molar-refractivity contribution >= 4 is 40.6 Å². The molecule has 0 saturated heterocycles. The molecular weight excluding hydrogens is 401 g/mol. The zero-order valence-corrected chi connectivity index (χ0v) is 16.6. The van der Waals surface area contributed by atoms with Crippen molar-refractivity contribution < 1.29 is 28.2 Å². The standard InChI is InChI=1S/C19H20FN3O5S/c1-10(16-12-6-8-29-15(12)5-7-28-16)21-17(24)18(25)22-11-3-4-14(13(20)9-11)23-19(26)27-2/h3-4,6,8-10,16H,5,7H2,1-2H3,(H,21,24)(H,22,25)(H,23,26). The van der Waals surface area contributed by atoms with Crippen LogP contribution in [0.1, 0.15) is 23.5 Å². The quantitative estimate of drug-likeness (QED) is 0.659. The first-order valence-electron chi connectivity index (χ1n) is 8.83. The van der Waals surface area contributed by atoms with Gasteiger partial charge in [-0.3, -0.25) is 14.9 Å². The van der Waals surface area contributed by atoms with Crippen molar-refractivity contribution in [3.63, 3.8) is 0 Å². The van der Waals surface area contributed by atoms with Crippen molar-refractivity contribution in [2.24, 2.45) is 0 Å². The third kappa shape index (κ3) is 4.90. The maximum atomic E-state index is 14.0. The van der Waals surface area contributed by atoms with Crippen LogP contribution in [0.5, 0.6) is 0 Å². The van der Waals surface area contributed by atoms with E-state index in [1.54, 1.807) is 18.3 Å². The molecule has 2 unspecified atom stereocenters. The summed E-state index contributed by atoms with van der Waals surface area (Å²) in [5.74, 6) is -2.59. The minimum Gasteiger partial charge on any atom is -0.453 e. The molecule has 0 bridgehead atoms. The molecule has 1 aromatic carbocycles. The summed E-state index contributed by atoms with van der Waals surface area (Å²) in [5.41, 5.74) is 0.971. The largest absolute Gasteiger partial charge is 0.453 e. The van der Waals surface area contributed by atoms with Gasteiger partial charge in [-0.2, -0.15) is 0 Å². The molecule has 154 valence electrons. The van der Waals surface area contributed by atoms with E-state index in [9.17, 15) is 18.8 Å². The molecule has 0 fully saturated rings. The van der Waals surface area contributed by atoms with E-state index in [2.05, 4.69) is 20.7 Å². The molecule has 3 rings (SSSR count). The molecule has 0 aliphatic carbocycles. The van der Waals surface area contributed by atoms with E-state index in [4.69, 9.17) is 4.74 Å². The first kappa shape index (κ1) is 20.7. The van der Waals surface area contributed by atoms with E-state index in [1.807, 2.05) is 11.4 Å². The second kappa shape index (κ2) is 9.01. The molecule has 29 heavy (non-hydrogen) atoms. The molecule has 0 saturated carbocycles. The van der Waals surface area contributed by atoms with Gasteiger partial charge in [0, 0.05) is 17.0 Å². The van der Waals surface area contributed by atoms with Gasteiger partial charge in [0.15, 0.2) is 0 Å². The predicted octanol–water partition coefficient (Wildman–Crippen LogP) is 2.82. The molecule has 2 atom stereocenters. The molecule has 3 N–H and O–H groups in total. The molecule has 1 aliphatic rings. The van der Waals surface area contributed by atoms with Crippen LogP contribution in [0.25, 0.3) is 0 Å². The van der Waals surface area contributed by atoms with Gasteiger partial charge in [0.25, 0.3) is 0 Å². The van der Waals surface area contributed by atoms with Crippen molar-refractivity contribution in [2.45, 2.75) is 25.5 Å². The van der Waals surface area contributed by atoms with Gasteiger partial charge in [0.05, 0.1) is 25.4 Å². The van der Waals surface area contributed by atoms with Crippen LogP contribution in [0, 0.1) is 5.82 Å². The summed E-state index contributed by atoms with van der Waals surface area (Å²) in [6.07, 6.45) is -0.326. The monoisotopic (exact) mass is 421 g/mol. The molecule has 0 spiro atoms. The summed E-state index contributed by atoms with van der Waals surface area (Å²) in [5, 5.41) is 9.11. The highest BCUT2D eigenvalue weighted by Crippen LogP contribution is 2.33. The van der Waals surface area contributed by atoms with Crippen LogP contribution >= 0.6 is 11.3 Å². The Balaban J connectivity index is 1.59. The number of rotatable bonds is 4. The van der Waals surface area contributed by atoms with Gasteiger partial charge in [-0.15, -0.1) is 11.3 Å². The normalized spacial score (nSPS) is 16.3. The highest BCUT2D eigenvalue weighted by atomic mass is 32.1. The van der Waals surface area contributed by atoms with Gasteiger partial charge in [-0.05, 0) is 42.1 Å². The van der Waals surface area contributed by atoms with E-state index >= 15 is 0 Å². The Bertz CT molecular complexity index is 932. The Kier molecular flexibility index (Phi) is 6.45. The van der Waals surface area contributed by atoms with E-state index in [0.29, 0.717) is 6.61 Å². The number of nitrogens with one attached hydrogen (secondary N) is 3. The molecule has 10 heteroatoms. The minimum atomic E-state index is -0.939. The number of hydrogen-bond acceptors (Lipinski definition) is 6. The Hall–Kier alpha value is -2.98. The van der Waals surface area contributed by atoms with Gasteiger partial charge >= 0.3 is 17.9 Å². The number of thiophene rings is 1. The number of fused-ring (bicyclic) bond motifs is 1. The highest BCUT2D eigenvalue weighted by molar-refractivity contribution is 7.10. The number of carbonyl (C=O) groups is 3. The third-order valence-corrected chi connectivity index (χ3v) is 5.38. The van der Waals surface area contributed by atoms with E-state index in [0.717, 1.165) is 25.2 Å². The zero-order chi connectivity index (χ0) is 21.0. The third-order valence-electron chi connectivity index (χ3n) is 4.38. The fourth-order valence-electron chi connectivity index (χ4n) is 2.98. The van der Waals surface area contributed by atoms with Crippen LogP contribution in [0.3, 0.4) is 0 Å². The molecule has 1 aromatic heterocycles. The topological polar surface area (TPSA) is 106 Å². The number of benzene rings is 1. The zero-order valence-electron chi connectivity index (χ0n) is 15.8. The van der Waals surface area contributed by atoms with E-state index < -0.39 is 29.8 Å². The number of amides is 3. The van der Waals surface area contributed by atoms with Gasteiger partial charge in [0.1, 0.15) is 11.9 Å². The molecule has 1 aliphatic heterocycles. The maximum absolute atomic E-state index is 14.0. The van der Waals surface area contributed by atoms with Crippen molar-refractivity contribution in [1.29, 1.82) is 0 Å². The molecular formula is C19H20FN3O5S. The van der Waals surface area contributed by atoms with Gasteiger partial charge in [-0.1, -0.05) is 0 Å². The molecule has 8 nitrogen and oxygen atoms in total. The van der Waals surface area contributed by atoms with Crippen molar-refractivity contribution in [3.8, 4) is 0 Å². The molecule has 2 aromatic rings. The van der Waals surface area contributed by atoms with Crippen molar-refractivity contribution in [1.82, 2.24) is 5.32 Å². The number of hydrogen-bond donors (Lipinski definition) is 3. The van der Waals surface area contributed by atoms with Crippen LogP contribution in [0.2, 0.25) is 0 Å². The minimum absolute atomic E-state index is 0.0692. The van der Waals surface area contributed by atoms with Crippen LogP contribution in [-0.2, 0) is 25.5 Å². The van der Waals surface area contributed by atoms with Crippen molar-refractivity contribution in [2.75, 3.05) is 24.4 Å². The molecule has 2 heterocycles. The summed E-state index contributed by atoms with van der Waals surface area (Å²) in [6.45, 7) is 2.31. The Morgan fingerprint density at radius 1 is 1.24 bits per heavy atom. The SMILES string of the molecule is COC(=O)Nc1ccc(NC(=O)C(=O)NC(C)C2OCCc3sccc32)cc1F. The number of methoxy groups -OCH3 is 1. The molecule has 3 amide bonds. The maximum Gasteiger partial charge on any atom is 0.411 e. The summed E-state index contributed by atoms with van der Waals surface area (Å²) in [7, 11) is 1.15. The lowest BCUT2D eigenvalue weighted by molar-refractivity contribution is -0.137. The summed E-state index contributed by atoms with van der Waals surface area (Å²) >= 11 is 1.64. The Morgan fingerprint density at radius 3 is 2.76 bits per heavy atom. The fourth-order valence-corrected chi connectivity index (χ4v) is 3.88. The van der Waals surface area contributed by atoms with Gasteiger partial charge < -0.3 is 20.1 Å².